The van der Waals surface area contributed by atoms with Gasteiger partial charge in [0.2, 0.25) is 5.91 Å². The molecule has 0 bridgehead atoms. The zero-order chi connectivity index (χ0) is 18.6. The first-order valence-electron chi connectivity index (χ1n) is 10.0. The van der Waals surface area contributed by atoms with Gasteiger partial charge in [-0.2, -0.15) is 0 Å². The molecule has 26 heavy (non-hydrogen) atoms. The summed E-state index contributed by atoms with van der Waals surface area (Å²) in [4.78, 5) is 16.3. The van der Waals surface area contributed by atoms with Crippen LogP contribution in [0.25, 0.3) is 0 Å². The maximum absolute atomic E-state index is 13.3. The van der Waals surface area contributed by atoms with Gasteiger partial charge in [-0.15, -0.1) is 11.3 Å². The van der Waals surface area contributed by atoms with E-state index in [0.29, 0.717) is 13.0 Å². The van der Waals surface area contributed by atoms with Crippen molar-refractivity contribution in [1.82, 2.24) is 4.90 Å². The maximum Gasteiger partial charge on any atom is 0.226 e. The highest BCUT2D eigenvalue weighted by molar-refractivity contribution is 7.91. The largest absolute Gasteiger partial charge is 0.333 e. The molecule has 2 fully saturated rings. The monoisotopic (exact) mass is 397 g/mol. The third-order valence-electron chi connectivity index (χ3n) is 6.00. The van der Waals surface area contributed by atoms with Gasteiger partial charge >= 0.3 is 0 Å². The Balaban J connectivity index is 1.65. The molecule has 1 amide bonds. The molecule has 1 aromatic heterocycles. The van der Waals surface area contributed by atoms with Crippen LogP contribution in [0.2, 0.25) is 0 Å². The van der Waals surface area contributed by atoms with Gasteiger partial charge in [-0.1, -0.05) is 32.3 Å². The van der Waals surface area contributed by atoms with Crippen LogP contribution in [0.1, 0.15) is 63.2 Å². The Hall–Kier alpha value is -0.880. The highest BCUT2D eigenvalue weighted by Gasteiger charge is 2.38. The first-order chi connectivity index (χ1) is 12.5. The molecule has 1 saturated heterocycles. The minimum Gasteiger partial charge on any atom is -0.333 e. The molecule has 6 heteroatoms. The maximum atomic E-state index is 13.3. The number of sulfone groups is 1. The summed E-state index contributed by atoms with van der Waals surface area (Å²) in [5.74, 6) is 1.40. The van der Waals surface area contributed by atoms with E-state index >= 15 is 0 Å². The van der Waals surface area contributed by atoms with Gasteiger partial charge in [-0.25, -0.2) is 8.42 Å². The fourth-order valence-electron chi connectivity index (χ4n) is 4.40. The Morgan fingerprint density at radius 3 is 2.58 bits per heavy atom. The third-order valence-corrected chi connectivity index (χ3v) is 8.61. The van der Waals surface area contributed by atoms with E-state index < -0.39 is 9.84 Å². The third kappa shape index (κ3) is 5.10. The number of nitrogens with zero attached hydrogens (tertiary/aromatic N) is 1. The second-order valence-electron chi connectivity index (χ2n) is 7.96. The predicted octanol–water partition coefficient (Wildman–Crippen LogP) is 4.26. The number of rotatable bonds is 7. The van der Waals surface area contributed by atoms with Crippen molar-refractivity contribution < 1.29 is 13.2 Å². The van der Waals surface area contributed by atoms with Crippen LogP contribution < -0.4 is 0 Å². The molecule has 2 aliphatic rings. The molecule has 0 aromatic carbocycles. The van der Waals surface area contributed by atoms with Gasteiger partial charge in [-0.05, 0) is 49.5 Å². The number of thiophene rings is 1. The van der Waals surface area contributed by atoms with E-state index in [0.717, 1.165) is 36.5 Å². The lowest BCUT2D eigenvalue weighted by molar-refractivity contribution is -0.139. The van der Waals surface area contributed by atoms with Crippen molar-refractivity contribution in [2.75, 3.05) is 11.5 Å². The molecule has 1 aliphatic carbocycles. The molecule has 4 nitrogen and oxygen atoms in total. The summed E-state index contributed by atoms with van der Waals surface area (Å²) < 4.78 is 23.9. The first kappa shape index (κ1) is 19.9. The smallest absolute Gasteiger partial charge is 0.226 e. The van der Waals surface area contributed by atoms with Gasteiger partial charge in [-0.3, -0.25) is 4.79 Å². The van der Waals surface area contributed by atoms with Gasteiger partial charge < -0.3 is 4.90 Å². The van der Waals surface area contributed by atoms with E-state index in [4.69, 9.17) is 0 Å². The normalized spacial score (nSPS) is 28.1. The van der Waals surface area contributed by atoms with Crippen LogP contribution in [-0.2, 0) is 21.2 Å². The number of amides is 1. The van der Waals surface area contributed by atoms with Crippen LogP contribution in [0, 0.1) is 11.8 Å². The molecule has 0 spiro atoms. The summed E-state index contributed by atoms with van der Waals surface area (Å²) in [6.07, 6.45) is 8.62. The summed E-state index contributed by atoms with van der Waals surface area (Å²) in [6.45, 7) is 2.79. The lowest BCUT2D eigenvalue weighted by atomic mass is 9.79. The molecule has 0 N–H and O–H groups in total. The van der Waals surface area contributed by atoms with E-state index in [1.54, 1.807) is 11.3 Å². The van der Waals surface area contributed by atoms with Crippen LogP contribution >= 0.6 is 11.3 Å². The second kappa shape index (κ2) is 8.87. The molecular formula is C20H31NO3S2. The van der Waals surface area contributed by atoms with Gasteiger partial charge in [0.05, 0.1) is 18.1 Å². The van der Waals surface area contributed by atoms with E-state index in [2.05, 4.69) is 6.92 Å². The Morgan fingerprint density at radius 2 is 2.00 bits per heavy atom. The number of hydrogen-bond acceptors (Lipinski definition) is 4. The Bertz CT molecular complexity index is 676. The van der Waals surface area contributed by atoms with Crippen molar-refractivity contribution in [1.29, 1.82) is 0 Å². The standard InChI is InChI=1S/C20H31NO3S2/c1-2-3-5-16-7-9-17(10-8-16)20(22)21(14-19-6-4-12-25-19)18-11-13-26(23,24)15-18/h4,6,12,16-18H,2-3,5,7-11,13-15H2,1H3. The minimum absolute atomic E-state index is 0.0798. The van der Waals surface area contributed by atoms with Gasteiger partial charge in [0, 0.05) is 16.8 Å². The van der Waals surface area contributed by atoms with Crippen LogP contribution in [0.15, 0.2) is 17.5 Å². The van der Waals surface area contributed by atoms with E-state index in [9.17, 15) is 13.2 Å². The van der Waals surface area contributed by atoms with Gasteiger partial charge in [0.25, 0.3) is 0 Å². The summed E-state index contributed by atoms with van der Waals surface area (Å²) in [5, 5.41) is 2.02. The van der Waals surface area contributed by atoms with E-state index in [1.807, 2.05) is 22.4 Å². The molecule has 0 radical (unpaired) electrons. The van der Waals surface area contributed by atoms with Crippen molar-refractivity contribution in [3.05, 3.63) is 22.4 Å². The molecular weight excluding hydrogens is 366 g/mol. The summed E-state index contributed by atoms with van der Waals surface area (Å²) in [7, 11) is -2.99. The molecule has 146 valence electrons. The van der Waals surface area contributed by atoms with Crippen LogP contribution in [0.3, 0.4) is 0 Å². The van der Waals surface area contributed by atoms with Crippen molar-refractivity contribution in [2.24, 2.45) is 11.8 Å². The van der Waals surface area contributed by atoms with Crippen molar-refractivity contribution in [2.45, 2.75) is 70.9 Å². The number of hydrogen-bond donors (Lipinski definition) is 0. The summed E-state index contributed by atoms with van der Waals surface area (Å²) >= 11 is 1.64. The Labute approximate surface area is 161 Å². The van der Waals surface area contributed by atoms with Gasteiger partial charge in [0.1, 0.15) is 0 Å². The number of unbranched alkanes of at least 4 members (excludes halogenated alkanes) is 1. The van der Waals surface area contributed by atoms with Crippen molar-refractivity contribution in [3.8, 4) is 0 Å². The van der Waals surface area contributed by atoms with Crippen LogP contribution in [0.5, 0.6) is 0 Å². The van der Waals surface area contributed by atoms with E-state index in [1.165, 1.54) is 19.3 Å². The molecule has 1 unspecified atom stereocenters. The first-order valence-corrected chi connectivity index (χ1v) is 12.7. The SMILES string of the molecule is CCCCC1CCC(C(=O)N(Cc2cccs2)C2CCS(=O)(=O)C2)CC1. The lowest BCUT2D eigenvalue weighted by Crippen LogP contribution is -2.44. The van der Waals surface area contributed by atoms with E-state index in [-0.39, 0.29) is 29.4 Å². The average molecular weight is 398 g/mol. The summed E-state index contributed by atoms with van der Waals surface area (Å²) in [6, 6.07) is 3.88. The summed E-state index contributed by atoms with van der Waals surface area (Å²) in [5.41, 5.74) is 0. The highest BCUT2D eigenvalue weighted by atomic mass is 32.2. The number of carbonyl (C=O) groups is 1. The fraction of sp³-hybridized carbons (Fsp3) is 0.750. The number of carbonyl (C=O) groups excluding carboxylic acids is 1. The van der Waals surface area contributed by atoms with Crippen molar-refractivity contribution in [3.63, 3.8) is 0 Å². The molecule has 1 aromatic rings. The van der Waals surface area contributed by atoms with Gasteiger partial charge in [0.15, 0.2) is 9.84 Å². The van der Waals surface area contributed by atoms with Crippen molar-refractivity contribution >= 4 is 27.1 Å². The Morgan fingerprint density at radius 1 is 1.23 bits per heavy atom. The highest BCUT2D eigenvalue weighted by Crippen LogP contribution is 2.34. The molecule has 2 heterocycles. The molecule has 1 aliphatic heterocycles. The average Bonchev–Trinajstić information content (AvgIpc) is 3.27. The lowest BCUT2D eigenvalue weighted by Gasteiger charge is -2.35. The molecule has 1 saturated carbocycles. The minimum atomic E-state index is -2.99. The topological polar surface area (TPSA) is 54.5 Å². The molecule has 3 rings (SSSR count). The van der Waals surface area contributed by atoms with Crippen LogP contribution in [0.4, 0.5) is 0 Å². The molecule has 1 atom stereocenters. The zero-order valence-corrected chi connectivity index (χ0v) is 17.4. The predicted molar refractivity (Wildman–Crippen MR) is 107 cm³/mol. The quantitative estimate of drug-likeness (QED) is 0.691. The fourth-order valence-corrected chi connectivity index (χ4v) is 6.84. The zero-order valence-electron chi connectivity index (χ0n) is 15.7. The van der Waals surface area contributed by atoms with Crippen LogP contribution in [-0.4, -0.2) is 36.8 Å². The Kier molecular flexibility index (Phi) is 6.78. The second-order valence-corrected chi connectivity index (χ2v) is 11.2.